The normalized spacial score (nSPS) is 12.0. The molecule has 24 heavy (non-hydrogen) atoms. The molecular formula is C22H19OP. The van der Waals surface area contributed by atoms with Gasteiger partial charge in [-0.2, -0.15) is 0 Å². The Kier molecular flexibility index (Phi) is 5.25. The number of benzene rings is 3. The van der Waals surface area contributed by atoms with E-state index in [2.05, 4.69) is 0 Å². The van der Waals surface area contributed by atoms with Gasteiger partial charge in [-0.3, -0.25) is 0 Å². The predicted octanol–water partition coefficient (Wildman–Crippen LogP) is 5.23. The van der Waals surface area contributed by atoms with Gasteiger partial charge in [-0.05, 0) is 11.4 Å². The minimum Gasteiger partial charge on any atom is -0.309 e. The van der Waals surface area contributed by atoms with E-state index in [1.54, 1.807) is 0 Å². The molecule has 0 amide bonds. The summed E-state index contributed by atoms with van der Waals surface area (Å²) in [6, 6.07) is 29.4. The van der Waals surface area contributed by atoms with Crippen molar-refractivity contribution in [1.29, 1.82) is 0 Å². The molecule has 0 atom stereocenters. The number of hydrogen-bond donors (Lipinski definition) is 0. The molecule has 0 fully saturated rings. The van der Waals surface area contributed by atoms with Crippen LogP contribution in [0.15, 0.2) is 109 Å². The van der Waals surface area contributed by atoms with Crippen LogP contribution in [0.1, 0.15) is 5.56 Å². The molecule has 0 aliphatic heterocycles. The Hall–Kier alpha value is -2.63. The van der Waals surface area contributed by atoms with E-state index in [1.807, 2.05) is 115 Å². The molecule has 0 aromatic heterocycles. The first-order chi connectivity index (χ1) is 11.8. The zero-order valence-electron chi connectivity index (χ0n) is 13.3. The Morgan fingerprint density at radius 3 is 1.54 bits per heavy atom. The number of rotatable bonds is 5. The second-order valence-electron chi connectivity index (χ2n) is 5.44. The standard InChI is InChI=1S/C22H19OP/c23-24(21-15-6-2-7-16-21,22-17-8-3-9-18-22)19-11-10-14-20-12-4-1-5-13-20/h1-19H/b14-10+,19-11+. The lowest BCUT2D eigenvalue weighted by Gasteiger charge is -2.14. The summed E-state index contributed by atoms with van der Waals surface area (Å²) in [6.07, 6.45) is 5.83. The molecule has 0 N–H and O–H groups in total. The largest absolute Gasteiger partial charge is 0.309 e. The fourth-order valence-corrected chi connectivity index (χ4v) is 4.74. The highest BCUT2D eigenvalue weighted by Crippen LogP contribution is 2.44. The summed E-state index contributed by atoms with van der Waals surface area (Å²) in [5, 5.41) is 1.70. The maximum absolute atomic E-state index is 13.7. The Morgan fingerprint density at radius 2 is 1.04 bits per heavy atom. The first-order valence-corrected chi connectivity index (χ1v) is 9.68. The summed E-state index contributed by atoms with van der Waals surface area (Å²) in [6.45, 7) is 0. The van der Waals surface area contributed by atoms with E-state index in [-0.39, 0.29) is 0 Å². The molecule has 1 nitrogen and oxygen atoms in total. The summed E-state index contributed by atoms with van der Waals surface area (Å²) in [4.78, 5) is 0. The van der Waals surface area contributed by atoms with Crippen molar-refractivity contribution in [2.24, 2.45) is 0 Å². The number of hydrogen-bond acceptors (Lipinski definition) is 1. The van der Waals surface area contributed by atoms with Crippen molar-refractivity contribution in [3.05, 3.63) is 115 Å². The average Bonchev–Trinajstić information content (AvgIpc) is 2.67. The van der Waals surface area contributed by atoms with E-state index in [9.17, 15) is 4.57 Å². The summed E-state index contributed by atoms with van der Waals surface area (Å²) in [5.74, 6) is 1.83. The average molecular weight is 330 g/mol. The zero-order chi connectivity index (χ0) is 16.7. The third-order valence-corrected chi connectivity index (χ3v) is 6.50. The van der Waals surface area contributed by atoms with Gasteiger partial charge in [0.25, 0.3) is 0 Å². The first kappa shape index (κ1) is 16.2. The SMILES string of the molecule is O=P(/C=C/C=C/c1ccccc1)(c1ccccc1)c1ccccc1. The van der Waals surface area contributed by atoms with Gasteiger partial charge in [0.2, 0.25) is 0 Å². The molecule has 3 aromatic rings. The van der Waals surface area contributed by atoms with Crippen LogP contribution < -0.4 is 10.6 Å². The minimum absolute atomic E-state index is 0.848. The van der Waals surface area contributed by atoms with Gasteiger partial charge in [0.1, 0.15) is 0 Å². The highest BCUT2D eigenvalue weighted by atomic mass is 31.2. The van der Waals surface area contributed by atoms with Crippen LogP contribution in [0.25, 0.3) is 6.08 Å². The van der Waals surface area contributed by atoms with Crippen LogP contribution in [-0.2, 0) is 4.57 Å². The fourth-order valence-electron chi connectivity index (χ4n) is 2.52. The topological polar surface area (TPSA) is 17.1 Å². The van der Waals surface area contributed by atoms with Crippen LogP contribution in [0.3, 0.4) is 0 Å². The molecule has 3 rings (SSSR count). The molecule has 3 aromatic carbocycles. The molecule has 118 valence electrons. The highest BCUT2D eigenvalue weighted by molar-refractivity contribution is 7.81. The summed E-state index contributed by atoms with van der Waals surface area (Å²) in [7, 11) is -2.78. The van der Waals surface area contributed by atoms with Gasteiger partial charge in [0.05, 0.1) is 0 Å². The van der Waals surface area contributed by atoms with E-state index < -0.39 is 7.14 Å². The second-order valence-corrected chi connectivity index (χ2v) is 8.09. The molecule has 2 heteroatoms. The van der Waals surface area contributed by atoms with Crippen molar-refractivity contribution in [3.63, 3.8) is 0 Å². The van der Waals surface area contributed by atoms with Crippen molar-refractivity contribution >= 4 is 23.8 Å². The van der Waals surface area contributed by atoms with Crippen molar-refractivity contribution in [1.82, 2.24) is 0 Å². The summed E-state index contributed by atoms with van der Waals surface area (Å²) < 4.78 is 13.7. The van der Waals surface area contributed by atoms with Crippen molar-refractivity contribution < 1.29 is 4.57 Å². The van der Waals surface area contributed by atoms with E-state index >= 15 is 0 Å². The van der Waals surface area contributed by atoms with Crippen LogP contribution in [0.2, 0.25) is 0 Å². The van der Waals surface area contributed by atoms with Gasteiger partial charge in [0, 0.05) is 10.6 Å². The van der Waals surface area contributed by atoms with Gasteiger partial charge >= 0.3 is 0 Å². The lowest BCUT2D eigenvalue weighted by Crippen LogP contribution is -2.13. The minimum atomic E-state index is -2.78. The van der Waals surface area contributed by atoms with Crippen molar-refractivity contribution in [2.45, 2.75) is 0 Å². The zero-order valence-corrected chi connectivity index (χ0v) is 14.2. The lowest BCUT2D eigenvalue weighted by molar-refractivity contribution is 0.592. The van der Waals surface area contributed by atoms with Crippen LogP contribution in [0.4, 0.5) is 0 Å². The van der Waals surface area contributed by atoms with Gasteiger partial charge in [-0.15, -0.1) is 0 Å². The van der Waals surface area contributed by atoms with Crippen LogP contribution >= 0.6 is 7.14 Å². The maximum Gasteiger partial charge on any atom is 0.164 e. The second kappa shape index (κ2) is 7.77. The van der Waals surface area contributed by atoms with Gasteiger partial charge in [-0.1, -0.05) is 109 Å². The van der Waals surface area contributed by atoms with Crippen LogP contribution in [0.5, 0.6) is 0 Å². The quantitative estimate of drug-likeness (QED) is 0.462. The maximum atomic E-state index is 13.7. The lowest BCUT2D eigenvalue weighted by atomic mass is 10.2. The Labute approximate surface area is 143 Å². The molecule has 0 unspecified atom stereocenters. The van der Waals surface area contributed by atoms with E-state index in [0.717, 1.165) is 16.2 Å². The van der Waals surface area contributed by atoms with Gasteiger partial charge < -0.3 is 4.57 Å². The monoisotopic (exact) mass is 330 g/mol. The Balaban J connectivity index is 1.93. The summed E-state index contributed by atoms with van der Waals surface area (Å²) >= 11 is 0. The fraction of sp³-hybridized carbons (Fsp3) is 0. The Bertz CT molecular complexity index is 822. The number of allylic oxidation sites excluding steroid dienone is 2. The third-order valence-electron chi connectivity index (χ3n) is 3.77. The molecule has 0 spiro atoms. The molecule has 0 saturated carbocycles. The molecule has 0 aliphatic carbocycles. The molecule has 0 aliphatic rings. The van der Waals surface area contributed by atoms with Crippen molar-refractivity contribution in [3.8, 4) is 0 Å². The molecule has 0 saturated heterocycles. The molecule has 0 bridgehead atoms. The molecule has 0 heterocycles. The molecule has 0 radical (unpaired) electrons. The van der Waals surface area contributed by atoms with E-state index in [4.69, 9.17) is 0 Å². The van der Waals surface area contributed by atoms with Crippen molar-refractivity contribution in [2.75, 3.05) is 0 Å². The Morgan fingerprint density at radius 1 is 0.583 bits per heavy atom. The molecular weight excluding hydrogens is 311 g/mol. The van der Waals surface area contributed by atoms with E-state index in [1.165, 1.54) is 0 Å². The van der Waals surface area contributed by atoms with E-state index in [0.29, 0.717) is 0 Å². The summed E-state index contributed by atoms with van der Waals surface area (Å²) in [5.41, 5.74) is 1.12. The first-order valence-electron chi connectivity index (χ1n) is 7.91. The highest BCUT2D eigenvalue weighted by Gasteiger charge is 2.23. The smallest absolute Gasteiger partial charge is 0.164 e. The van der Waals surface area contributed by atoms with Crippen LogP contribution in [-0.4, -0.2) is 0 Å². The van der Waals surface area contributed by atoms with Crippen LogP contribution in [0, 0.1) is 0 Å². The van der Waals surface area contributed by atoms with Gasteiger partial charge in [-0.25, -0.2) is 0 Å². The van der Waals surface area contributed by atoms with Gasteiger partial charge in [0.15, 0.2) is 7.14 Å². The third kappa shape index (κ3) is 3.82. The predicted molar refractivity (Wildman–Crippen MR) is 104 cm³/mol.